The number of alkyl halides is 3. The third-order valence-electron chi connectivity index (χ3n) is 6.49. The summed E-state index contributed by atoms with van der Waals surface area (Å²) in [5.74, 6) is -0.648. The number of carbonyl (C=O) groups excluding carboxylic acids is 2. The van der Waals surface area contributed by atoms with Gasteiger partial charge in [0.05, 0.1) is 11.0 Å². The van der Waals surface area contributed by atoms with Gasteiger partial charge in [0.15, 0.2) is 0 Å². The monoisotopic (exact) mass is 513 g/mol. The first kappa shape index (κ1) is 24.8. The molecule has 182 valence electrons. The second-order valence-corrected chi connectivity index (χ2v) is 9.81. The first-order chi connectivity index (χ1) is 16.0. The molecule has 2 aliphatic rings. The Morgan fingerprint density at radius 1 is 1.15 bits per heavy atom. The first-order valence-electron chi connectivity index (χ1n) is 11.0. The number of hydrogen-bond acceptors (Lipinski definition) is 3. The highest BCUT2D eigenvalue weighted by Crippen LogP contribution is 2.51. The van der Waals surface area contributed by atoms with Crippen molar-refractivity contribution in [2.24, 2.45) is 5.73 Å². The molecule has 0 radical (unpaired) electrons. The molecule has 1 aliphatic carbocycles. The smallest absolute Gasteiger partial charge is 0.343 e. The zero-order valence-electron chi connectivity index (χ0n) is 18.2. The maximum absolute atomic E-state index is 13.4. The number of nitrogens with zero attached hydrogens (tertiary/aromatic N) is 1. The fraction of sp³-hybridized carbons (Fsp3) is 0.417. The molecule has 0 bridgehead atoms. The van der Waals surface area contributed by atoms with Crippen molar-refractivity contribution in [1.29, 1.82) is 0 Å². The Morgan fingerprint density at radius 2 is 1.82 bits per heavy atom. The Hall–Kier alpha value is -2.29. The van der Waals surface area contributed by atoms with Crippen molar-refractivity contribution >= 4 is 35.0 Å². The summed E-state index contributed by atoms with van der Waals surface area (Å²) in [6.07, 6.45) is -2.62. The largest absolute Gasteiger partial charge is 0.416 e. The van der Waals surface area contributed by atoms with Gasteiger partial charge in [-0.15, -0.1) is 0 Å². The molecule has 0 aromatic heterocycles. The molecule has 2 fully saturated rings. The van der Waals surface area contributed by atoms with E-state index in [9.17, 15) is 22.8 Å². The standard InChI is InChI=1S/C24H24Cl2F3N3O2/c25-16-5-6-18(19(26)12-16)23(8-9-23)22(34)31-20(21(33)32-10-7-17(30)13-32)11-14-1-3-15(4-2-14)24(27,28)29/h1-6,12,17,20H,7-11,13,30H2,(H,31,34)/t17-,20+/m1/s1. The zero-order valence-corrected chi connectivity index (χ0v) is 19.7. The van der Waals surface area contributed by atoms with E-state index in [1.165, 1.54) is 12.1 Å². The number of amides is 2. The molecule has 1 saturated heterocycles. The summed E-state index contributed by atoms with van der Waals surface area (Å²) in [5, 5.41) is 3.68. The zero-order chi connectivity index (χ0) is 24.7. The minimum Gasteiger partial charge on any atom is -0.343 e. The average molecular weight is 514 g/mol. The van der Waals surface area contributed by atoms with Crippen LogP contribution in [0.2, 0.25) is 10.0 Å². The molecule has 4 rings (SSSR count). The van der Waals surface area contributed by atoms with Crippen LogP contribution in [0.3, 0.4) is 0 Å². The Morgan fingerprint density at radius 3 is 2.35 bits per heavy atom. The van der Waals surface area contributed by atoms with Crippen LogP contribution in [0.1, 0.15) is 36.0 Å². The number of halogens is 5. The van der Waals surface area contributed by atoms with Crippen molar-refractivity contribution < 1.29 is 22.8 Å². The van der Waals surface area contributed by atoms with Crippen LogP contribution >= 0.6 is 23.2 Å². The maximum atomic E-state index is 13.4. The normalized spacial score (nSPS) is 20.2. The summed E-state index contributed by atoms with van der Waals surface area (Å²) >= 11 is 12.3. The highest BCUT2D eigenvalue weighted by Gasteiger charge is 2.53. The Kier molecular flexibility index (Phi) is 6.86. The van der Waals surface area contributed by atoms with Crippen LogP contribution < -0.4 is 11.1 Å². The van der Waals surface area contributed by atoms with Crippen LogP contribution in [0.5, 0.6) is 0 Å². The van der Waals surface area contributed by atoms with E-state index in [1.54, 1.807) is 23.1 Å². The predicted molar refractivity (Wildman–Crippen MR) is 124 cm³/mol. The molecule has 1 saturated carbocycles. The molecule has 2 aromatic rings. The maximum Gasteiger partial charge on any atom is 0.416 e. The highest BCUT2D eigenvalue weighted by molar-refractivity contribution is 6.35. The number of hydrogen-bond donors (Lipinski definition) is 2. The number of nitrogens with one attached hydrogen (secondary N) is 1. The second-order valence-electron chi connectivity index (χ2n) is 8.96. The lowest BCUT2D eigenvalue weighted by Crippen LogP contribution is -2.52. The van der Waals surface area contributed by atoms with Gasteiger partial charge in [0.25, 0.3) is 0 Å². The Balaban J connectivity index is 1.57. The average Bonchev–Trinajstić information content (AvgIpc) is 3.46. The fourth-order valence-corrected chi connectivity index (χ4v) is 4.98. The Bertz CT molecular complexity index is 1090. The van der Waals surface area contributed by atoms with Gasteiger partial charge in [-0.3, -0.25) is 9.59 Å². The van der Waals surface area contributed by atoms with Crippen LogP contribution in [0.4, 0.5) is 13.2 Å². The number of rotatable bonds is 6. The third kappa shape index (κ3) is 5.19. The van der Waals surface area contributed by atoms with Gasteiger partial charge in [0.2, 0.25) is 11.8 Å². The molecule has 2 atom stereocenters. The van der Waals surface area contributed by atoms with E-state index in [2.05, 4.69) is 5.32 Å². The van der Waals surface area contributed by atoms with Crippen molar-refractivity contribution in [2.45, 2.75) is 49.4 Å². The lowest BCUT2D eigenvalue weighted by atomic mass is 9.93. The van der Waals surface area contributed by atoms with Crippen LogP contribution in [0.15, 0.2) is 42.5 Å². The van der Waals surface area contributed by atoms with Crippen molar-refractivity contribution in [3.63, 3.8) is 0 Å². The van der Waals surface area contributed by atoms with Gasteiger partial charge in [-0.1, -0.05) is 41.4 Å². The summed E-state index contributed by atoms with van der Waals surface area (Å²) in [5.41, 5.74) is 5.45. The first-order valence-corrected chi connectivity index (χ1v) is 11.7. The molecule has 0 spiro atoms. The van der Waals surface area contributed by atoms with E-state index in [0.29, 0.717) is 53.5 Å². The predicted octanol–water partition coefficient (Wildman–Crippen LogP) is 4.33. The van der Waals surface area contributed by atoms with E-state index in [-0.39, 0.29) is 24.3 Å². The summed E-state index contributed by atoms with van der Waals surface area (Å²) < 4.78 is 38.8. The second kappa shape index (κ2) is 9.40. The molecule has 5 nitrogen and oxygen atoms in total. The van der Waals surface area contributed by atoms with E-state index < -0.39 is 23.2 Å². The van der Waals surface area contributed by atoms with E-state index in [4.69, 9.17) is 28.9 Å². The molecule has 34 heavy (non-hydrogen) atoms. The molecule has 0 unspecified atom stereocenters. The number of benzene rings is 2. The van der Waals surface area contributed by atoms with Gasteiger partial charge >= 0.3 is 6.18 Å². The highest BCUT2D eigenvalue weighted by atomic mass is 35.5. The van der Waals surface area contributed by atoms with Crippen LogP contribution in [0.25, 0.3) is 0 Å². The molecule has 10 heteroatoms. The summed E-state index contributed by atoms with van der Waals surface area (Å²) in [6.45, 7) is 0.833. The lowest BCUT2D eigenvalue weighted by Gasteiger charge is -2.27. The third-order valence-corrected chi connectivity index (χ3v) is 7.04. The number of nitrogens with two attached hydrogens (primary N) is 1. The SMILES string of the molecule is N[C@@H]1CCN(C(=O)[C@H](Cc2ccc(C(F)(F)F)cc2)NC(=O)C2(c3ccc(Cl)cc3Cl)CC2)C1. The minimum absolute atomic E-state index is 0.0544. The summed E-state index contributed by atoms with van der Waals surface area (Å²) in [6, 6.07) is 8.45. The number of carbonyl (C=O) groups is 2. The van der Waals surface area contributed by atoms with Gasteiger partial charge in [0.1, 0.15) is 6.04 Å². The van der Waals surface area contributed by atoms with Gasteiger partial charge in [-0.05, 0) is 54.7 Å². The van der Waals surface area contributed by atoms with Crippen molar-refractivity contribution in [3.8, 4) is 0 Å². The van der Waals surface area contributed by atoms with Gasteiger partial charge in [0, 0.05) is 35.6 Å². The summed E-state index contributed by atoms with van der Waals surface area (Å²) in [7, 11) is 0. The van der Waals surface area contributed by atoms with Crippen LogP contribution in [-0.4, -0.2) is 41.9 Å². The molecule has 2 amide bonds. The minimum atomic E-state index is -4.45. The molecule has 1 aliphatic heterocycles. The fourth-order valence-electron chi connectivity index (χ4n) is 4.39. The van der Waals surface area contributed by atoms with Gasteiger partial charge < -0.3 is 16.0 Å². The lowest BCUT2D eigenvalue weighted by molar-refractivity contribution is -0.137. The van der Waals surface area contributed by atoms with Crippen molar-refractivity contribution in [2.75, 3.05) is 13.1 Å². The number of likely N-dealkylation sites (tertiary alicyclic amines) is 1. The molecule has 3 N–H and O–H groups in total. The van der Waals surface area contributed by atoms with Crippen LogP contribution in [0, 0.1) is 0 Å². The molecular weight excluding hydrogens is 490 g/mol. The van der Waals surface area contributed by atoms with Crippen LogP contribution in [-0.2, 0) is 27.6 Å². The van der Waals surface area contributed by atoms with E-state index in [0.717, 1.165) is 12.1 Å². The van der Waals surface area contributed by atoms with Crippen molar-refractivity contribution in [1.82, 2.24) is 10.2 Å². The molecular formula is C24H24Cl2F3N3O2. The van der Waals surface area contributed by atoms with Gasteiger partial charge in [-0.2, -0.15) is 13.2 Å². The molecule has 1 heterocycles. The van der Waals surface area contributed by atoms with E-state index in [1.807, 2.05) is 0 Å². The van der Waals surface area contributed by atoms with Crippen molar-refractivity contribution in [3.05, 3.63) is 69.2 Å². The van der Waals surface area contributed by atoms with E-state index >= 15 is 0 Å². The summed E-state index contributed by atoms with van der Waals surface area (Å²) in [4.78, 5) is 28.3. The molecule has 2 aromatic carbocycles. The quantitative estimate of drug-likeness (QED) is 0.603. The topological polar surface area (TPSA) is 75.4 Å². The Labute approximate surface area is 205 Å². The van der Waals surface area contributed by atoms with Gasteiger partial charge in [-0.25, -0.2) is 0 Å².